The van der Waals surface area contributed by atoms with E-state index in [2.05, 4.69) is 55.0 Å². The average Bonchev–Trinajstić information content (AvgIpc) is 2.25. The molecule has 1 aliphatic heterocycles. The van der Waals surface area contributed by atoms with E-state index in [1.165, 1.54) is 12.0 Å². The van der Waals surface area contributed by atoms with Crippen LogP contribution in [0.25, 0.3) is 0 Å². The van der Waals surface area contributed by atoms with Crippen molar-refractivity contribution in [1.82, 2.24) is 10.3 Å². The van der Waals surface area contributed by atoms with Crippen LogP contribution < -0.4 is 10.2 Å². The van der Waals surface area contributed by atoms with Crippen molar-refractivity contribution in [2.75, 3.05) is 24.5 Å². The Morgan fingerprint density at radius 3 is 2.44 bits per heavy atom. The quantitative estimate of drug-likeness (QED) is 0.886. The highest BCUT2D eigenvalue weighted by Crippen LogP contribution is 2.24. The molecule has 18 heavy (non-hydrogen) atoms. The first-order valence-corrected chi connectivity index (χ1v) is 6.96. The Kier molecular flexibility index (Phi) is 3.91. The fourth-order valence-electron chi connectivity index (χ4n) is 2.22. The monoisotopic (exact) mass is 247 g/mol. The summed E-state index contributed by atoms with van der Waals surface area (Å²) in [6.07, 6.45) is 3.20. The molecule has 2 heterocycles. The smallest absolute Gasteiger partial charge is 0.128 e. The van der Waals surface area contributed by atoms with Gasteiger partial charge in [0.25, 0.3) is 0 Å². The van der Waals surface area contributed by atoms with Gasteiger partial charge in [0.1, 0.15) is 5.82 Å². The van der Waals surface area contributed by atoms with Crippen molar-refractivity contribution in [3.8, 4) is 0 Å². The number of hydrogen-bond acceptors (Lipinski definition) is 3. The molecule has 0 atom stereocenters. The molecule has 0 aliphatic carbocycles. The van der Waals surface area contributed by atoms with E-state index in [1.807, 2.05) is 6.20 Å². The van der Waals surface area contributed by atoms with Gasteiger partial charge in [-0.1, -0.05) is 33.8 Å². The summed E-state index contributed by atoms with van der Waals surface area (Å²) < 4.78 is 0. The predicted molar refractivity (Wildman–Crippen MR) is 77.2 cm³/mol. The lowest BCUT2D eigenvalue weighted by Gasteiger charge is -2.39. The zero-order valence-corrected chi connectivity index (χ0v) is 12.0. The predicted octanol–water partition coefficient (Wildman–Crippen LogP) is 2.57. The zero-order valence-electron chi connectivity index (χ0n) is 12.0. The Bertz CT molecular complexity index is 374. The van der Waals surface area contributed by atoms with Gasteiger partial charge in [-0.05, 0) is 23.5 Å². The lowest BCUT2D eigenvalue weighted by molar-refractivity contribution is 0.410. The molecular weight excluding hydrogens is 222 g/mol. The molecule has 1 aromatic heterocycles. The summed E-state index contributed by atoms with van der Waals surface area (Å²) in [5, 5.41) is 3.34. The zero-order chi connectivity index (χ0) is 13.2. The molecule has 0 bridgehead atoms. The van der Waals surface area contributed by atoms with Crippen LogP contribution in [0.1, 0.15) is 39.7 Å². The van der Waals surface area contributed by atoms with E-state index in [0.717, 1.165) is 25.5 Å². The first kappa shape index (κ1) is 13.3. The Labute approximate surface area is 111 Å². The van der Waals surface area contributed by atoms with E-state index in [1.54, 1.807) is 0 Å². The minimum absolute atomic E-state index is 0.180. The van der Waals surface area contributed by atoms with E-state index < -0.39 is 0 Å². The van der Waals surface area contributed by atoms with Crippen molar-refractivity contribution >= 4 is 5.82 Å². The van der Waals surface area contributed by atoms with Gasteiger partial charge < -0.3 is 10.2 Å². The molecule has 1 N–H and O–H groups in total. The molecule has 0 saturated carbocycles. The molecule has 2 rings (SSSR count). The Morgan fingerprint density at radius 2 is 2.06 bits per heavy atom. The van der Waals surface area contributed by atoms with E-state index >= 15 is 0 Å². The number of hydrogen-bond donors (Lipinski definition) is 1. The molecule has 1 aliphatic rings. The summed E-state index contributed by atoms with van der Waals surface area (Å²) in [7, 11) is 0. The summed E-state index contributed by atoms with van der Waals surface area (Å²) in [4.78, 5) is 7.10. The molecule has 0 radical (unpaired) electrons. The number of nitrogens with zero attached hydrogens (tertiary/aromatic N) is 2. The SMILES string of the molecule is CCCN(c1ccc(C(C)(C)C)cn1)C1CNC1. The second-order valence-corrected chi connectivity index (χ2v) is 6.16. The van der Waals surface area contributed by atoms with Crippen LogP contribution >= 0.6 is 0 Å². The van der Waals surface area contributed by atoms with Crippen LogP contribution in [-0.2, 0) is 5.41 Å². The Balaban J connectivity index is 2.15. The van der Waals surface area contributed by atoms with Gasteiger partial charge in [-0.15, -0.1) is 0 Å². The van der Waals surface area contributed by atoms with Gasteiger partial charge in [0.15, 0.2) is 0 Å². The maximum absolute atomic E-state index is 4.67. The van der Waals surface area contributed by atoms with Gasteiger partial charge in [0, 0.05) is 25.8 Å². The van der Waals surface area contributed by atoms with Crippen molar-refractivity contribution < 1.29 is 0 Å². The van der Waals surface area contributed by atoms with Gasteiger partial charge in [0.2, 0.25) is 0 Å². The molecular formula is C15H25N3. The van der Waals surface area contributed by atoms with Gasteiger partial charge in [-0.25, -0.2) is 4.98 Å². The lowest BCUT2D eigenvalue weighted by atomic mass is 9.88. The molecule has 1 aromatic rings. The fraction of sp³-hybridized carbons (Fsp3) is 0.667. The molecule has 0 aromatic carbocycles. The second kappa shape index (κ2) is 5.27. The fourth-order valence-corrected chi connectivity index (χ4v) is 2.22. The maximum Gasteiger partial charge on any atom is 0.128 e. The average molecular weight is 247 g/mol. The number of nitrogens with one attached hydrogen (secondary N) is 1. The van der Waals surface area contributed by atoms with Crippen LogP contribution in [0.4, 0.5) is 5.82 Å². The van der Waals surface area contributed by atoms with Crippen molar-refractivity contribution in [2.45, 2.75) is 45.6 Å². The van der Waals surface area contributed by atoms with Crippen LogP contribution in [0.15, 0.2) is 18.3 Å². The summed E-state index contributed by atoms with van der Waals surface area (Å²) >= 11 is 0. The highest BCUT2D eigenvalue weighted by Gasteiger charge is 2.25. The van der Waals surface area contributed by atoms with E-state index in [0.29, 0.717) is 6.04 Å². The van der Waals surface area contributed by atoms with E-state index in [9.17, 15) is 0 Å². The number of aromatic nitrogens is 1. The highest BCUT2D eigenvalue weighted by molar-refractivity contribution is 5.42. The topological polar surface area (TPSA) is 28.2 Å². The summed E-state index contributed by atoms with van der Waals surface area (Å²) in [5.74, 6) is 1.12. The number of rotatable bonds is 4. The first-order chi connectivity index (χ1) is 8.52. The summed E-state index contributed by atoms with van der Waals surface area (Å²) in [5.41, 5.74) is 1.48. The van der Waals surface area contributed by atoms with Crippen molar-refractivity contribution in [3.63, 3.8) is 0 Å². The third-order valence-electron chi connectivity index (χ3n) is 3.57. The summed E-state index contributed by atoms with van der Waals surface area (Å²) in [6, 6.07) is 5.02. The molecule has 3 heteroatoms. The van der Waals surface area contributed by atoms with Crippen LogP contribution in [0, 0.1) is 0 Å². The van der Waals surface area contributed by atoms with E-state index in [4.69, 9.17) is 0 Å². The Morgan fingerprint density at radius 1 is 1.33 bits per heavy atom. The number of pyridine rings is 1. The standard InChI is InChI=1S/C15H25N3/c1-5-8-18(13-10-16-11-13)14-7-6-12(9-17-14)15(2,3)4/h6-7,9,13,16H,5,8,10-11H2,1-4H3. The van der Waals surface area contributed by atoms with Crippen LogP contribution in [0.5, 0.6) is 0 Å². The second-order valence-electron chi connectivity index (χ2n) is 6.16. The van der Waals surface area contributed by atoms with Crippen molar-refractivity contribution in [3.05, 3.63) is 23.9 Å². The molecule has 0 amide bonds. The Hall–Kier alpha value is -1.09. The minimum Gasteiger partial charge on any atom is -0.351 e. The maximum atomic E-state index is 4.67. The first-order valence-electron chi connectivity index (χ1n) is 6.96. The molecule has 1 fully saturated rings. The van der Waals surface area contributed by atoms with E-state index in [-0.39, 0.29) is 5.41 Å². The van der Waals surface area contributed by atoms with Gasteiger partial charge in [0.05, 0.1) is 6.04 Å². The van der Waals surface area contributed by atoms with Crippen molar-refractivity contribution in [1.29, 1.82) is 0 Å². The third kappa shape index (κ3) is 2.83. The molecule has 0 spiro atoms. The molecule has 1 saturated heterocycles. The van der Waals surface area contributed by atoms with Gasteiger partial charge >= 0.3 is 0 Å². The lowest BCUT2D eigenvalue weighted by Crippen LogP contribution is -2.57. The van der Waals surface area contributed by atoms with Crippen LogP contribution in [0.3, 0.4) is 0 Å². The van der Waals surface area contributed by atoms with Crippen LogP contribution in [-0.4, -0.2) is 30.7 Å². The van der Waals surface area contributed by atoms with Crippen LogP contribution in [0.2, 0.25) is 0 Å². The largest absolute Gasteiger partial charge is 0.351 e. The van der Waals surface area contributed by atoms with Gasteiger partial charge in [-0.3, -0.25) is 0 Å². The highest BCUT2D eigenvalue weighted by atomic mass is 15.3. The minimum atomic E-state index is 0.180. The van der Waals surface area contributed by atoms with Gasteiger partial charge in [-0.2, -0.15) is 0 Å². The molecule has 0 unspecified atom stereocenters. The number of anilines is 1. The summed E-state index contributed by atoms with van der Waals surface area (Å²) in [6.45, 7) is 12.2. The van der Waals surface area contributed by atoms with Crippen molar-refractivity contribution in [2.24, 2.45) is 0 Å². The third-order valence-corrected chi connectivity index (χ3v) is 3.57. The molecule has 3 nitrogen and oxygen atoms in total. The normalized spacial score (nSPS) is 16.4. The molecule has 100 valence electrons.